The number of aromatic nitrogens is 4. The smallest absolute Gasteiger partial charge is 0.370 e. The van der Waals surface area contributed by atoms with Crippen LogP contribution in [-0.2, 0) is 10.9 Å². The predicted molar refractivity (Wildman–Crippen MR) is 90.8 cm³/mol. The monoisotopic (exact) mass is 427 g/mol. The molecular weight excluding hydrogens is 415 g/mol. The minimum atomic E-state index is -4.56. The van der Waals surface area contributed by atoms with Gasteiger partial charge in [0.25, 0.3) is 5.78 Å². The molecular formula is C16H13BrF3N5O. The molecule has 1 unspecified atom stereocenters. The minimum Gasteiger partial charge on any atom is -0.370 e. The van der Waals surface area contributed by atoms with Crippen molar-refractivity contribution in [2.75, 3.05) is 24.6 Å². The van der Waals surface area contributed by atoms with E-state index in [9.17, 15) is 13.2 Å². The van der Waals surface area contributed by atoms with Crippen molar-refractivity contribution in [3.8, 4) is 0 Å². The molecule has 0 radical (unpaired) electrons. The van der Waals surface area contributed by atoms with Crippen molar-refractivity contribution in [3.63, 3.8) is 0 Å². The number of rotatable bonds is 2. The first kappa shape index (κ1) is 17.2. The van der Waals surface area contributed by atoms with E-state index < -0.39 is 11.9 Å². The number of hydrogen-bond donors (Lipinski definition) is 0. The summed E-state index contributed by atoms with van der Waals surface area (Å²) >= 11 is 3.38. The molecule has 0 amide bonds. The Labute approximate surface area is 154 Å². The van der Waals surface area contributed by atoms with Gasteiger partial charge in [0.1, 0.15) is 18.2 Å². The van der Waals surface area contributed by atoms with Crippen molar-refractivity contribution in [1.82, 2.24) is 19.6 Å². The standard InChI is InChI=1S/C16H13BrF3N5O/c17-11-3-1-10(2-4-11)12-8-24(5-6-26-12)14-7-13(16(18,19)20)23-15-21-9-22-25(14)15/h1-4,7,9,12H,5-6,8H2. The molecule has 0 saturated carbocycles. The maximum absolute atomic E-state index is 13.2. The van der Waals surface area contributed by atoms with Gasteiger partial charge in [0.2, 0.25) is 0 Å². The zero-order valence-electron chi connectivity index (χ0n) is 13.3. The fraction of sp³-hybridized carbons (Fsp3) is 0.312. The van der Waals surface area contributed by atoms with Crippen molar-refractivity contribution in [1.29, 1.82) is 0 Å². The third-order valence-electron chi connectivity index (χ3n) is 4.16. The second-order valence-corrected chi connectivity index (χ2v) is 6.74. The van der Waals surface area contributed by atoms with Crippen LogP contribution >= 0.6 is 15.9 Å². The zero-order chi connectivity index (χ0) is 18.3. The summed E-state index contributed by atoms with van der Waals surface area (Å²) in [6.45, 7) is 1.24. The summed E-state index contributed by atoms with van der Waals surface area (Å²) in [6, 6.07) is 8.67. The van der Waals surface area contributed by atoms with E-state index in [1.165, 1.54) is 10.8 Å². The molecule has 10 heteroatoms. The van der Waals surface area contributed by atoms with Gasteiger partial charge in [0.15, 0.2) is 5.69 Å². The number of hydrogen-bond acceptors (Lipinski definition) is 5. The Morgan fingerprint density at radius 3 is 2.69 bits per heavy atom. The molecule has 3 heterocycles. The van der Waals surface area contributed by atoms with Crippen molar-refractivity contribution in [2.45, 2.75) is 12.3 Å². The number of halogens is 4. The molecule has 4 rings (SSSR count). The first-order chi connectivity index (χ1) is 12.4. The summed E-state index contributed by atoms with van der Waals surface area (Å²) in [7, 11) is 0. The van der Waals surface area contributed by atoms with Crippen molar-refractivity contribution < 1.29 is 17.9 Å². The van der Waals surface area contributed by atoms with E-state index in [4.69, 9.17) is 4.74 Å². The van der Waals surface area contributed by atoms with Gasteiger partial charge < -0.3 is 9.64 Å². The van der Waals surface area contributed by atoms with E-state index >= 15 is 0 Å². The highest BCUT2D eigenvalue weighted by molar-refractivity contribution is 9.10. The second-order valence-electron chi connectivity index (χ2n) is 5.83. The zero-order valence-corrected chi connectivity index (χ0v) is 14.9. The molecule has 1 aliphatic heterocycles. The van der Waals surface area contributed by atoms with Gasteiger partial charge in [-0.25, -0.2) is 4.98 Å². The molecule has 2 aromatic heterocycles. The number of anilines is 1. The number of alkyl halides is 3. The molecule has 0 aliphatic carbocycles. The number of fused-ring (bicyclic) bond motifs is 1. The van der Waals surface area contributed by atoms with Crippen LogP contribution in [0.1, 0.15) is 17.4 Å². The minimum absolute atomic E-state index is 0.0819. The third kappa shape index (κ3) is 3.26. The molecule has 0 spiro atoms. The Morgan fingerprint density at radius 2 is 1.96 bits per heavy atom. The van der Waals surface area contributed by atoms with E-state index in [2.05, 4.69) is 31.0 Å². The lowest BCUT2D eigenvalue weighted by atomic mass is 10.1. The first-order valence-electron chi connectivity index (χ1n) is 7.82. The molecule has 1 saturated heterocycles. The average Bonchev–Trinajstić information content (AvgIpc) is 3.09. The number of benzene rings is 1. The fourth-order valence-electron chi connectivity index (χ4n) is 2.90. The van der Waals surface area contributed by atoms with Crippen molar-refractivity contribution in [2.24, 2.45) is 0 Å². The lowest BCUT2D eigenvalue weighted by Crippen LogP contribution is -2.39. The van der Waals surface area contributed by atoms with Crippen LogP contribution in [0, 0.1) is 0 Å². The second kappa shape index (κ2) is 6.51. The molecule has 1 fully saturated rings. The molecule has 1 atom stereocenters. The summed E-state index contributed by atoms with van der Waals surface area (Å²) in [5.41, 5.74) is -0.0301. The van der Waals surface area contributed by atoms with Gasteiger partial charge in [-0.15, -0.1) is 0 Å². The van der Waals surface area contributed by atoms with Gasteiger partial charge in [-0.3, -0.25) is 0 Å². The maximum atomic E-state index is 13.2. The van der Waals surface area contributed by atoms with Gasteiger partial charge in [-0.1, -0.05) is 28.1 Å². The van der Waals surface area contributed by atoms with Gasteiger partial charge in [0.05, 0.1) is 6.61 Å². The molecule has 136 valence electrons. The van der Waals surface area contributed by atoms with Crippen LogP contribution < -0.4 is 4.90 Å². The molecule has 0 bridgehead atoms. The Kier molecular flexibility index (Phi) is 4.31. The third-order valence-corrected chi connectivity index (χ3v) is 4.68. The van der Waals surface area contributed by atoms with E-state index in [0.29, 0.717) is 25.5 Å². The fourth-order valence-corrected chi connectivity index (χ4v) is 3.17. The van der Waals surface area contributed by atoms with Crippen molar-refractivity contribution >= 4 is 27.5 Å². The summed E-state index contributed by atoms with van der Waals surface area (Å²) in [4.78, 5) is 9.18. The quantitative estimate of drug-likeness (QED) is 0.626. The summed E-state index contributed by atoms with van der Waals surface area (Å²) in [5.74, 6) is 0.215. The van der Waals surface area contributed by atoms with Crippen molar-refractivity contribution in [3.05, 3.63) is 52.4 Å². The molecule has 1 aromatic carbocycles. The molecule has 26 heavy (non-hydrogen) atoms. The molecule has 3 aromatic rings. The molecule has 6 nitrogen and oxygen atoms in total. The highest BCUT2D eigenvalue weighted by atomic mass is 79.9. The number of morpholine rings is 1. The lowest BCUT2D eigenvalue weighted by molar-refractivity contribution is -0.141. The Balaban J connectivity index is 1.70. The molecule has 0 N–H and O–H groups in total. The maximum Gasteiger partial charge on any atom is 0.433 e. The largest absolute Gasteiger partial charge is 0.433 e. The Bertz CT molecular complexity index is 928. The normalized spacial score (nSPS) is 18.5. The summed E-state index contributed by atoms with van der Waals surface area (Å²) in [6.07, 6.45) is -3.61. The van der Waals surface area contributed by atoms with E-state index in [1.54, 1.807) is 0 Å². The number of ether oxygens (including phenoxy) is 1. The SMILES string of the molecule is FC(F)(F)c1cc(N2CCOC(c3ccc(Br)cc3)C2)n2ncnc2n1. The summed E-state index contributed by atoms with van der Waals surface area (Å²) < 4.78 is 47.6. The van der Waals surface area contributed by atoms with Crippen LogP contribution in [0.5, 0.6) is 0 Å². The lowest BCUT2D eigenvalue weighted by Gasteiger charge is -2.34. The Hall–Kier alpha value is -2.20. The van der Waals surface area contributed by atoms with Crippen LogP contribution in [0.4, 0.5) is 19.0 Å². The van der Waals surface area contributed by atoms with Crippen LogP contribution in [0.3, 0.4) is 0 Å². The van der Waals surface area contributed by atoms with Crippen LogP contribution in [-0.4, -0.2) is 39.3 Å². The predicted octanol–water partition coefficient (Wildman–Crippen LogP) is 3.48. The highest BCUT2D eigenvalue weighted by Gasteiger charge is 2.35. The highest BCUT2D eigenvalue weighted by Crippen LogP contribution is 2.32. The van der Waals surface area contributed by atoms with E-state index in [0.717, 1.165) is 16.1 Å². The van der Waals surface area contributed by atoms with Crippen LogP contribution in [0.2, 0.25) is 0 Å². The molecule has 1 aliphatic rings. The average molecular weight is 428 g/mol. The van der Waals surface area contributed by atoms with Gasteiger partial charge >= 0.3 is 6.18 Å². The topological polar surface area (TPSA) is 55.6 Å². The van der Waals surface area contributed by atoms with Crippen LogP contribution in [0.25, 0.3) is 5.78 Å². The Morgan fingerprint density at radius 1 is 1.19 bits per heavy atom. The number of nitrogens with zero attached hydrogens (tertiary/aromatic N) is 5. The summed E-state index contributed by atoms with van der Waals surface area (Å²) in [5, 5.41) is 4.01. The van der Waals surface area contributed by atoms with E-state index in [-0.39, 0.29) is 11.9 Å². The van der Waals surface area contributed by atoms with Gasteiger partial charge in [-0.2, -0.15) is 27.8 Å². The van der Waals surface area contributed by atoms with Gasteiger partial charge in [-0.05, 0) is 17.7 Å². The van der Waals surface area contributed by atoms with Gasteiger partial charge in [0, 0.05) is 23.6 Å². The van der Waals surface area contributed by atoms with Crippen LogP contribution in [0.15, 0.2) is 41.1 Å². The first-order valence-corrected chi connectivity index (χ1v) is 8.61. The van der Waals surface area contributed by atoms with E-state index in [1.807, 2.05) is 29.2 Å².